The minimum atomic E-state index is -0.891. The van der Waals surface area contributed by atoms with E-state index in [1.165, 1.54) is 23.1 Å². The Bertz CT molecular complexity index is 1190. The molecular formula is C24H27FN6O5. The third-order valence-electron chi connectivity index (χ3n) is 5.48. The zero-order valence-electron chi connectivity index (χ0n) is 20.0. The summed E-state index contributed by atoms with van der Waals surface area (Å²) in [5, 5.41) is 6.86. The van der Waals surface area contributed by atoms with Gasteiger partial charge in [-0.1, -0.05) is 17.7 Å². The lowest BCUT2D eigenvalue weighted by Gasteiger charge is -2.17. The van der Waals surface area contributed by atoms with Gasteiger partial charge in [0.05, 0.1) is 25.0 Å². The Morgan fingerprint density at radius 3 is 2.86 bits per heavy atom. The summed E-state index contributed by atoms with van der Waals surface area (Å²) in [5.41, 5.74) is 1.58. The first-order chi connectivity index (χ1) is 17.4. The summed E-state index contributed by atoms with van der Waals surface area (Å²) < 4.78 is 31.3. The number of nitrogens with zero attached hydrogens (tertiary/aromatic N) is 5. The fraction of sp³-hybridized carbons (Fsp3) is 0.375. The molecule has 4 rings (SSSR count). The van der Waals surface area contributed by atoms with Crippen LogP contribution in [-0.4, -0.2) is 75.5 Å². The summed E-state index contributed by atoms with van der Waals surface area (Å²) in [4.78, 5) is 33.5. The van der Waals surface area contributed by atoms with E-state index >= 15 is 0 Å². The molecule has 190 valence electrons. The van der Waals surface area contributed by atoms with Gasteiger partial charge in [0.15, 0.2) is 0 Å². The summed E-state index contributed by atoms with van der Waals surface area (Å²) >= 11 is 0. The van der Waals surface area contributed by atoms with Crippen LogP contribution in [0.15, 0.2) is 48.9 Å². The van der Waals surface area contributed by atoms with Crippen LogP contribution in [0.3, 0.4) is 0 Å². The van der Waals surface area contributed by atoms with Crippen molar-refractivity contribution in [3.05, 3.63) is 60.6 Å². The molecule has 1 fully saturated rings. The maximum Gasteiger partial charge on any atom is 0.311 e. The van der Waals surface area contributed by atoms with Crippen molar-refractivity contribution in [3.63, 3.8) is 0 Å². The van der Waals surface area contributed by atoms with Crippen LogP contribution in [0.2, 0.25) is 0 Å². The lowest BCUT2D eigenvalue weighted by atomic mass is 10.2. The van der Waals surface area contributed by atoms with E-state index in [1.807, 2.05) is 31.2 Å². The summed E-state index contributed by atoms with van der Waals surface area (Å²) in [7, 11) is 1.69. The van der Waals surface area contributed by atoms with Crippen LogP contribution in [-0.2, 0) is 20.9 Å². The molecule has 1 aliphatic heterocycles. The van der Waals surface area contributed by atoms with Crippen LogP contribution < -0.4 is 14.8 Å². The molecule has 12 heteroatoms. The van der Waals surface area contributed by atoms with Gasteiger partial charge in [-0.25, -0.2) is 4.98 Å². The normalized spacial score (nSPS) is 17.0. The molecule has 11 nitrogen and oxygen atoms in total. The molecule has 0 radical (unpaired) electrons. The maximum atomic E-state index is 13.1. The number of carbonyl (C=O) groups is 2. The van der Waals surface area contributed by atoms with Crippen LogP contribution in [0.5, 0.6) is 11.6 Å². The Morgan fingerprint density at radius 1 is 1.28 bits per heavy atom. The highest BCUT2D eigenvalue weighted by molar-refractivity contribution is 5.94. The number of halogens is 1. The second kappa shape index (κ2) is 11.6. The highest BCUT2D eigenvalue weighted by Crippen LogP contribution is 2.20. The fourth-order valence-electron chi connectivity index (χ4n) is 3.48. The Hall–Kier alpha value is -4.06. The van der Waals surface area contributed by atoms with Gasteiger partial charge >= 0.3 is 6.08 Å². The van der Waals surface area contributed by atoms with Crippen molar-refractivity contribution < 1.29 is 28.2 Å². The fourth-order valence-corrected chi connectivity index (χ4v) is 3.48. The first-order valence-electron chi connectivity index (χ1n) is 11.4. The van der Waals surface area contributed by atoms with Crippen molar-refractivity contribution in [1.29, 1.82) is 0 Å². The molecule has 1 N–H and O–H groups in total. The van der Waals surface area contributed by atoms with E-state index in [-0.39, 0.29) is 37.3 Å². The molecule has 0 saturated carbocycles. The zero-order chi connectivity index (χ0) is 25.5. The molecule has 2 amide bonds. The standard InChI is InChI=1S/C24H27FN6O5/c1-16-3-5-18(6-4-16)34-10-9-30(2)22(32)14-31-13-17(12-27-31)28-23(33)20-11-19(15-35-20)36-21-7-8-26-24(25)29-21/h3-8,12-13,19-20H,9-11,14-15H2,1-2H3,(H,28,33). The minimum Gasteiger partial charge on any atom is -0.492 e. The van der Waals surface area contributed by atoms with E-state index < -0.39 is 18.3 Å². The number of likely N-dealkylation sites (N-methyl/N-ethyl adjacent to an activating group) is 1. The smallest absolute Gasteiger partial charge is 0.311 e. The Kier molecular flexibility index (Phi) is 8.06. The largest absolute Gasteiger partial charge is 0.492 e. The van der Waals surface area contributed by atoms with Gasteiger partial charge in [-0.3, -0.25) is 14.3 Å². The lowest BCUT2D eigenvalue weighted by Crippen LogP contribution is -2.33. The average molecular weight is 499 g/mol. The summed E-state index contributed by atoms with van der Waals surface area (Å²) in [6.45, 7) is 2.97. The van der Waals surface area contributed by atoms with Crippen LogP contribution in [0, 0.1) is 13.0 Å². The number of aromatic nitrogens is 4. The van der Waals surface area contributed by atoms with Gasteiger partial charge in [0, 0.05) is 31.9 Å². The van der Waals surface area contributed by atoms with Gasteiger partial charge in [-0.2, -0.15) is 14.5 Å². The maximum absolute atomic E-state index is 13.1. The molecule has 1 aromatic carbocycles. The SMILES string of the molecule is Cc1ccc(OCCN(C)C(=O)Cn2cc(NC(=O)C3CC(Oc4ccnc(F)n4)CO3)cn2)cc1. The summed E-state index contributed by atoms with van der Waals surface area (Å²) in [6, 6.07) is 9.14. The zero-order valence-corrected chi connectivity index (χ0v) is 20.0. The van der Waals surface area contributed by atoms with Gasteiger partial charge in [0.2, 0.25) is 11.8 Å². The van der Waals surface area contributed by atoms with Gasteiger partial charge in [-0.15, -0.1) is 0 Å². The molecule has 36 heavy (non-hydrogen) atoms. The first kappa shape index (κ1) is 25.0. The summed E-state index contributed by atoms with van der Waals surface area (Å²) in [6.07, 6.45) is 2.47. The second-order valence-corrected chi connectivity index (χ2v) is 8.35. The third-order valence-corrected chi connectivity index (χ3v) is 5.48. The molecule has 0 bridgehead atoms. The van der Waals surface area contributed by atoms with Crippen LogP contribution in [0.4, 0.5) is 10.1 Å². The van der Waals surface area contributed by atoms with E-state index in [1.54, 1.807) is 18.1 Å². The topological polar surface area (TPSA) is 121 Å². The van der Waals surface area contributed by atoms with E-state index in [9.17, 15) is 14.0 Å². The number of benzene rings is 1. The molecule has 2 unspecified atom stereocenters. The third kappa shape index (κ3) is 6.98. The number of amides is 2. The Labute approximate surface area is 207 Å². The van der Waals surface area contributed by atoms with Gasteiger partial charge in [-0.05, 0) is 19.1 Å². The first-order valence-corrected chi connectivity index (χ1v) is 11.4. The van der Waals surface area contributed by atoms with E-state index in [0.717, 1.165) is 11.3 Å². The van der Waals surface area contributed by atoms with Crippen molar-refractivity contribution in [2.75, 3.05) is 32.1 Å². The van der Waals surface area contributed by atoms with Gasteiger partial charge in [0.1, 0.15) is 31.1 Å². The van der Waals surface area contributed by atoms with Gasteiger partial charge in [0.25, 0.3) is 5.91 Å². The quantitative estimate of drug-likeness (QED) is 0.421. The summed E-state index contributed by atoms with van der Waals surface area (Å²) in [5.74, 6) is 0.311. The monoisotopic (exact) mass is 498 g/mol. The molecule has 3 aromatic rings. The molecule has 3 heterocycles. The Balaban J connectivity index is 1.19. The van der Waals surface area contributed by atoms with Gasteiger partial charge < -0.3 is 24.4 Å². The molecule has 1 saturated heterocycles. The molecule has 0 spiro atoms. The van der Waals surface area contributed by atoms with E-state index in [0.29, 0.717) is 18.8 Å². The number of carbonyl (C=O) groups excluding carboxylic acids is 2. The molecule has 1 aliphatic rings. The van der Waals surface area contributed by atoms with Crippen LogP contribution in [0.1, 0.15) is 12.0 Å². The van der Waals surface area contributed by atoms with Crippen molar-refractivity contribution >= 4 is 17.5 Å². The van der Waals surface area contributed by atoms with Crippen molar-refractivity contribution in [3.8, 4) is 11.6 Å². The average Bonchev–Trinajstić information content (AvgIpc) is 3.50. The predicted octanol–water partition coefficient (Wildman–Crippen LogP) is 1.83. The highest BCUT2D eigenvalue weighted by atomic mass is 19.1. The minimum absolute atomic E-state index is 0.0161. The Morgan fingerprint density at radius 2 is 2.08 bits per heavy atom. The van der Waals surface area contributed by atoms with Crippen molar-refractivity contribution in [1.82, 2.24) is 24.6 Å². The van der Waals surface area contributed by atoms with E-state index in [4.69, 9.17) is 14.2 Å². The van der Waals surface area contributed by atoms with Crippen molar-refractivity contribution in [2.45, 2.75) is 32.1 Å². The lowest BCUT2D eigenvalue weighted by molar-refractivity contribution is -0.131. The predicted molar refractivity (Wildman–Crippen MR) is 126 cm³/mol. The van der Waals surface area contributed by atoms with Crippen LogP contribution in [0.25, 0.3) is 0 Å². The number of ether oxygens (including phenoxy) is 3. The molecule has 2 atom stereocenters. The second-order valence-electron chi connectivity index (χ2n) is 8.35. The molecule has 0 aliphatic carbocycles. The van der Waals surface area contributed by atoms with E-state index in [2.05, 4.69) is 20.4 Å². The number of hydrogen-bond donors (Lipinski definition) is 1. The highest BCUT2D eigenvalue weighted by Gasteiger charge is 2.33. The number of nitrogens with one attached hydrogen (secondary N) is 1. The number of anilines is 1. The molecule has 2 aromatic heterocycles. The number of rotatable bonds is 10. The molecular weight excluding hydrogens is 471 g/mol. The number of aryl methyl sites for hydroxylation is 1. The van der Waals surface area contributed by atoms with Crippen LogP contribution >= 0.6 is 0 Å². The number of hydrogen-bond acceptors (Lipinski definition) is 8. The van der Waals surface area contributed by atoms with Crippen molar-refractivity contribution in [2.24, 2.45) is 0 Å².